The average molecular weight is 268 g/mol. The first-order valence-electron chi connectivity index (χ1n) is 6.16. The second-order valence-electron chi connectivity index (χ2n) is 4.33. The molecule has 0 saturated heterocycles. The Bertz CT molecular complexity index is 661. The predicted molar refractivity (Wildman–Crippen MR) is 73.0 cm³/mol. The lowest BCUT2D eigenvalue weighted by atomic mass is 10.1. The van der Waals surface area contributed by atoms with Crippen LogP contribution < -0.4 is 4.74 Å². The number of hydrogen-bond donors (Lipinski definition) is 1. The Morgan fingerprint density at radius 3 is 2.45 bits per heavy atom. The lowest BCUT2D eigenvalue weighted by molar-refractivity contribution is -0.149. The molecule has 1 aliphatic rings. The molecule has 0 fully saturated rings. The van der Waals surface area contributed by atoms with Crippen LogP contribution in [-0.4, -0.2) is 17.4 Å². The van der Waals surface area contributed by atoms with E-state index < -0.39 is 12.3 Å². The van der Waals surface area contributed by atoms with Crippen LogP contribution in [0.1, 0.15) is 5.56 Å². The first-order chi connectivity index (χ1) is 9.72. The third-order valence-electron chi connectivity index (χ3n) is 2.91. The van der Waals surface area contributed by atoms with Gasteiger partial charge in [-0.05, 0) is 29.8 Å². The van der Waals surface area contributed by atoms with Gasteiger partial charge in [-0.15, -0.1) is 0 Å². The molecule has 4 heteroatoms. The van der Waals surface area contributed by atoms with E-state index >= 15 is 0 Å². The fourth-order valence-corrected chi connectivity index (χ4v) is 2.00. The van der Waals surface area contributed by atoms with E-state index in [2.05, 4.69) is 4.74 Å². The molecular formula is C16H12O4. The molecule has 4 nitrogen and oxygen atoms in total. The summed E-state index contributed by atoms with van der Waals surface area (Å²) in [5.41, 5.74) is 1.13. The van der Waals surface area contributed by atoms with Crippen LogP contribution in [0.4, 0.5) is 0 Å². The van der Waals surface area contributed by atoms with Crippen LogP contribution in [0, 0.1) is 0 Å². The van der Waals surface area contributed by atoms with E-state index in [4.69, 9.17) is 4.74 Å². The molecular weight excluding hydrogens is 256 g/mol. The Hall–Kier alpha value is -2.59. The summed E-state index contributed by atoms with van der Waals surface area (Å²) in [5, 5.41) is 9.64. The van der Waals surface area contributed by atoms with Gasteiger partial charge in [0.2, 0.25) is 6.29 Å². The number of aliphatic hydroxyl groups excluding tert-OH is 1. The third-order valence-corrected chi connectivity index (χ3v) is 2.91. The Morgan fingerprint density at radius 2 is 1.75 bits per heavy atom. The number of benzene rings is 2. The molecule has 0 saturated carbocycles. The molecule has 100 valence electrons. The Labute approximate surface area is 115 Å². The van der Waals surface area contributed by atoms with Gasteiger partial charge in [0.15, 0.2) is 0 Å². The van der Waals surface area contributed by atoms with E-state index in [1.165, 1.54) is 6.08 Å². The van der Waals surface area contributed by atoms with E-state index in [1.807, 2.05) is 30.3 Å². The molecule has 20 heavy (non-hydrogen) atoms. The van der Waals surface area contributed by atoms with Gasteiger partial charge in [-0.2, -0.15) is 0 Å². The van der Waals surface area contributed by atoms with Gasteiger partial charge in [-0.25, -0.2) is 4.79 Å². The van der Waals surface area contributed by atoms with E-state index in [0.717, 1.165) is 5.75 Å². The van der Waals surface area contributed by atoms with Crippen LogP contribution in [0.5, 0.6) is 11.5 Å². The molecule has 2 aromatic carbocycles. The number of aliphatic hydroxyl groups is 1. The summed E-state index contributed by atoms with van der Waals surface area (Å²) < 4.78 is 10.4. The Morgan fingerprint density at radius 1 is 1.00 bits per heavy atom. The maximum absolute atomic E-state index is 11.1. The minimum Gasteiger partial charge on any atom is -0.457 e. The number of ether oxygens (including phenoxy) is 2. The highest BCUT2D eigenvalue weighted by Gasteiger charge is 2.25. The minimum absolute atomic E-state index is 0.438. The number of esters is 1. The standard InChI is InChI=1S/C16H12O4/c17-15-10-14(16(18)20-15)11-5-4-8-13(9-11)19-12-6-2-1-3-7-12/h1-10,16,18H. The Balaban J connectivity index is 1.87. The smallest absolute Gasteiger partial charge is 0.333 e. The summed E-state index contributed by atoms with van der Waals surface area (Å²) in [6.07, 6.45) is 0.0706. The fraction of sp³-hybridized carbons (Fsp3) is 0.0625. The molecule has 0 radical (unpaired) electrons. The normalized spacial score (nSPS) is 17.6. The van der Waals surface area contributed by atoms with Gasteiger partial charge in [0.1, 0.15) is 11.5 Å². The third kappa shape index (κ3) is 2.55. The first kappa shape index (κ1) is 12.4. The van der Waals surface area contributed by atoms with Crippen molar-refractivity contribution in [3.05, 3.63) is 66.2 Å². The van der Waals surface area contributed by atoms with Gasteiger partial charge in [-0.1, -0.05) is 30.3 Å². The molecule has 2 aromatic rings. The number of para-hydroxylation sites is 1. The molecule has 1 N–H and O–H groups in total. The van der Waals surface area contributed by atoms with Gasteiger partial charge >= 0.3 is 5.97 Å². The van der Waals surface area contributed by atoms with Gasteiger partial charge < -0.3 is 14.6 Å². The van der Waals surface area contributed by atoms with Gasteiger partial charge in [0.05, 0.1) is 0 Å². The van der Waals surface area contributed by atoms with Crippen LogP contribution >= 0.6 is 0 Å². The van der Waals surface area contributed by atoms with Crippen LogP contribution in [0.15, 0.2) is 60.7 Å². The molecule has 0 bridgehead atoms. The lowest BCUT2D eigenvalue weighted by Crippen LogP contribution is -2.09. The van der Waals surface area contributed by atoms with Gasteiger partial charge in [0, 0.05) is 11.6 Å². The van der Waals surface area contributed by atoms with E-state index in [1.54, 1.807) is 24.3 Å². The topological polar surface area (TPSA) is 55.8 Å². The van der Waals surface area contributed by atoms with Gasteiger partial charge in [0.25, 0.3) is 0 Å². The maximum Gasteiger partial charge on any atom is 0.333 e. The summed E-state index contributed by atoms with van der Waals surface area (Å²) in [7, 11) is 0. The molecule has 0 amide bonds. The summed E-state index contributed by atoms with van der Waals surface area (Å²) >= 11 is 0. The van der Waals surface area contributed by atoms with Crippen molar-refractivity contribution in [3.63, 3.8) is 0 Å². The number of cyclic esters (lactones) is 1. The predicted octanol–water partition coefficient (Wildman–Crippen LogP) is 2.74. The summed E-state index contributed by atoms with van der Waals surface area (Å²) in [6.45, 7) is 0. The zero-order chi connectivity index (χ0) is 13.9. The van der Waals surface area contributed by atoms with E-state index in [0.29, 0.717) is 16.9 Å². The van der Waals surface area contributed by atoms with Crippen LogP contribution in [0.3, 0.4) is 0 Å². The van der Waals surface area contributed by atoms with Crippen LogP contribution in [0.25, 0.3) is 5.57 Å². The van der Waals surface area contributed by atoms with Crippen molar-refractivity contribution in [1.82, 2.24) is 0 Å². The maximum atomic E-state index is 11.1. The molecule has 1 atom stereocenters. The number of carbonyl (C=O) groups is 1. The Kier molecular flexibility index (Phi) is 3.23. The highest BCUT2D eigenvalue weighted by molar-refractivity contribution is 5.96. The van der Waals surface area contributed by atoms with Crippen molar-refractivity contribution in [3.8, 4) is 11.5 Å². The van der Waals surface area contributed by atoms with E-state index in [9.17, 15) is 9.90 Å². The van der Waals surface area contributed by atoms with Crippen molar-refractivity contribution in [2.75, 3.05) is 0 Å². The highest BCUT2D eigenvalue weighted by Crippen LogP contribution is 2.29. The van der Waals surface area contributed by atoms with Crippen LogP contribution in [0.2, 0.25) is 0 Å². The van der Waals surface area contributed by atoms with Crippen molar-refractivity contribution in [2.45, 2.75) is 6.29 Å². The van der Waals surface area contributed by atoms with Crippen molar-refractivity contribution >= 4 is 11.5 Å². The number of hydrogen-bond acceptors (Lipinski definition) is 4. The molecule has 0 aromatic heterocycles. The lowest BCUT2D eigenvalue weighted by Gasteiger charge is -2.10. The van der Waals surface area contributed by atoms with Crippen molar-refractivity contribution < 1.29 is 19.4 Å². The monoisotopic (exact) mass is 268 g/mol. The second kappa shape index (κ2) is 5.19. The molecule has 0 aliphatic carbocycles. The number of carbonyl (C=O) groups excluding carboxylic acids is 1. The molecule has 1 unspecified atom stereocenters. The molecule has 1 heterocycles. The quantitative estimate of drug-likeness (QED) is 0.870. The van der Waals surface area contributed by atoms with Crippen molar-refractivity contribution in [1.29, 1.82) is 0 Å². The average Bonchev–Trinajstić information content (AvgIpc) is 2.79. The molecule has 3 rings (SSSR count). The summed E-state index contributed by atoms with van der Waals surface area (Å²) in [5.74, 6) is 0.806. The molecule has 1 aliphatic heterocycles. The van der Waals surface area contributed by atoms with Crippen molar-refractivity contribution in [2.24, 2.45) is 0 Å². The minimum atomic E-state index is -1.21. The summed E-state index contributed by atoms with van der Waals surface area (Å²) in [6, 6.07) is 16.5. The zero-order valence-electron chi connectivity index (χ0n) is 10.5. The van der Waals surface area contributed by atoms with Crippen LogP contribution in [-0.2, 0) is 9.53 Å². The summed E-state index contributed by atoms with van der Waals surface area (Å²) in [4.78, 5) is 11.1. The SMILES string of the molecule is O=C1C=C(c2cccc(Oc3ccccc3)c2)C(O)O1. The largest absolute Gasteiger partial charge is 0.457 e. The molecule has 0 spiro atoms. The van der Waals surface area contributed by atoms with E-state index in [-0.39, 0.29) is 0 Å². The second-order valence-corrected chi connectivity index (χ2v) is 4.33. The zero-order valence-corrected chi connectivity index (χ0v) is 10.5. The first-order valence-corrected chi connectivity index (χ1v) is 6.16. The number of rotatable bonds is 3. The highest BCUT2D eigenvalue weighted by atomic mass is 16.6. The van der Waals surface area contributed by atoms with Gasteiger partial charge in [-0.3, -0.25) is 0 Å². The fourth-order valence-electron chi connectivity index (χ4n) is 2.00.